The Morgan fingerprint density at radius 2 is 1.97 bits per heavy atom. The van der Waals surface area contributed by atoms with Gasteiger partial charge in [0.05, 0.1) is 24.5 Å². The zero-order valence-corrected chi connectivity index (χ0v) is 16.7. The van der Waals surface area contributed by atoms with E-state index in [2.05, 4.69) is 15.4 Å². The molecule has 4 rings (SSSR count). The van der Waals surface area contributed by atoms with Gasteiger partial charge in [-0.25, -0.2) is 9.48 Å². The SMILES string of the molecule is CCOC(=O)C1=C(c2ccccc2)Nc2ncnn2C1c1ccc(O)c(OCC)c1. The van der Waals surface area contributed by atoms with Crippen molar-refractivity contribution in [1.29, 1.82) is 0 Å². The predicted molar refractivity (Wildman–Crippen MR) is 111 cm³/mol. The van der Waals surface area contributed by atoms with Gasteiger partial charge in [0.25, 0.3) is 0 Å². The molecule has 0 spiro atoms. The molecule has 0 bridgehead atoms. The highest BCUT2D eigenvalue weighted by Gasteiger charge is 2.36. The molecule has 154 valence electrons. The maximum Gasteiger partial charge on any atom is 0.338 e. The number of fused-ring (bicyclic) bond motifs is 1. The van der Waals surface area contributed by atoms with Crippen molar-refractivity contribution in [3.8, 4) is 11.5 Å². The Morgan fingerprint density at radius 1 is 1.17 bits per heavy atom. The molecule has 0 aliphatic carbocycles. The van der Waals surface area contributed by atoms with Crippen LogP contribution in [0.5, 0.6) is 11.5 Å². The summed E-state index contributed by atoms with van der Waals surface area (Å²) in [5.74, 6) is 0.400. The second-order valence-electron chi connectivity index (χ2n) is 6.59. The number of benzene rings is 2. The van der Waals surface area contributed by atoms with E-state index in [4.69, 9.17) is 9.47 Å². The number of hydrogen-bond donors (Lipinski definition) is 2. The van der Waals surface area contributed by atoms with Gasteiger partial charge in [-0.2, -0.15) is 10.1 Å². The number of aromatic hydroxyl groups is 1. The molecule has 1 aromatic heterocycles. The van der Waals surface area contributed by atoms with Gasteiger partial charge < -0.3 is 19.9 Å². The number of anilines is 1. The van der Waals surface area contributed by atoms with E-state index in [1.807, 2.05) is 37.3 Å². The third-order valence-electron chi connectivity index (χ3n) is 4.75. The number of carbonyl (C=O) groups excluding carboxylic acids is 1. The summed E-state index contributed by atoms with van der Waals surface area (Å²) in [4.78, 5) is 17.4. The van der Waals surface area contributed by atoms with Crippen molar-refractivity contribution in [2.45, 2.75) is 19.9 Å². The molecule has 1 atom stereocenters. The quantitative estimate of drug-likeness (QED) is 0.606. The van der Waals surface area contributed by atoms with Gasteiger partial charge >= 0.3 is 5.97 Å². The smallest absolute Gasteiger partial charge is 0.338 e. The van der Waals surface area contributed by atoms with Crippen LogP contribution in [0.1, 0.15) is 31.0 Å². The van der Waals surface area contributed by atoms with Gasteiger partial charge in [0.1, 0.15) is 12.4 Å². The van der Waals surface area contributed by atoms with Crippen molar-refractivity contribution < 1.29 is 19.4 Å². The first-order chi connectivity index (χ1) is 14.6. The van der Waals surface area contributed by atoms with Gasteiger partial charge in [0.15, 0.2) is 11.5 Å². The maximum atomic E-state index is 13.1. The van der Waals surface area contributed by atoms with Crippen LogP contribution in [0.25, 0.3) is 5.70 Å². The fraction of sp³-hybridized carbons (Fsp3) is 0.227. The number of ether oxygens (including phenoxy) is 2. The normalized spacial score (nSPS) is 15.3. The van der Waals surface area contributed by atoms with Crippen LogP contribution in [0.4, 0.5) is 5.95 Å². The molecule has 0 saturated carbocycles. The van der Waals surface area contributed by atoms with Gasteiger partial charge in [-0.3, -0.25) is 0 Å². The Hall–Kier alpha value is -3.81. The Kier molecular flexibility index (Phi) is 5.38. The molecule has 30 heavy (non-hydrogen) atoms. The summed E-state index contributed by atoms with van der Waals surface area (Å²) in [7, 11) is 0. The largest absolute Gasteiger partial charge is 0.504 e. The minimum absolute atomic E-state index is 0.0262. The molecule has 0 radical (unpaired) electrons. The molecule has 8 heteroatoms. The highest BCUT2D eigenvalue weighted by molar-refractivity contribution is 6.02. The lowest BCUT2D eigenvalue weighted by Crippen LogP contribution is -2.30. The van der Waals surface area contributed by atoms with Gasteiger partial charge in [-0.15, -0.1) is 0 Å². The van der Waals surface area contributed by atoms with E-state index in [0.29, 0.717) is 35.1 Å². The fourth-order valence-electron chi connectivity index (χ4n) is 3.50. The van der Waals surface area contributed by atoms with E-state index in [1.54, 1.807) is 29.8 Å². The van der Waals surface area contributed by atoms with Crippen molar-refractivity contribution in [2.24, 2.45) is 0 Å². The zero-order valence-electron chi connectivity index (χ0n) is 16.7. The molecule has 8 nitrogen and oxygen atoms in total. The third kappa shape index (κ3) is 3.47. The van der Waals surface area contributed by atoms with E-state index in [-0.39, 0.29) is 12.4 Å². The number of rotatable bonds is 6. The Morgan fingerprint density at radius 3 is 2.70 bits per heavy atom. The summed E-state index contributed by atoms with van der Waals surface area (Å²) in [5.41, 5.74) is 2.53. The van der Waals surface area contributed by atoms with E-state index in [1.165, 1.54) is 6.33 Å². The average molecular weight is 406 g/mol. The van der Waals surface area contributed by atoms with Crippen molar-refractivity contribution >= 4 is 17.6 Å². The molecule has 2 N–H and O–H groups in total. The minimum atomic E-state index is -0.613. The second kappa shape index (κ2) is 8.28. The van der Waals surface area contributed by atoms with Gasteiger partial charge in [-0.05, 0) is 37.1 Å². The highest BCUT2D eigenvalue weighted by Crippen LogP contribution is 2.41. The summed E-state index contributed by atoms with van der Waals surface area (Å²) < 4.78 is 12.6. The number of hydrogen-bond acceptors (Lipinski definition) is 7. The van der Waals surface area contributed by atoms with Crippen molar-refractivity contribution in [3.63, 3.8) is 0 Å². The fourth-order valence-corrected chi connectivity index (χ4v) is 3.50. The van der Waals surface area contributed by atoms with Crippen LogP contribution in [-0.2, 0) is 9.53 Å². The lowest BCUT2D eigenvalue weighted by molar-refractivity contribution is -0.138. The molecular weight excluding hydrogens is 384 g/mol. The molecule has 1 aliphatic rings. The topological polar surface area (TPSA) is 98.5 Å². The summed E-state index contributed by atoms with van der Waals surface area (Å²) in [6.45, 7) is 4.24. The average Bonchev–Trinajstić information content (AvgIpc) is 3.23. The molecule has 0 amide bonds. The second-order valence-corrected chi connectivity index (χ2v) is 6.59. The molecule has 3 aromatic rings. The van der Waals surface area contributed by atoms with Crippen LogP contribution in [0.2, 0.25) is 0 Å². The van der Waals surface area contributed by atoms with Crippen LogP contribution in [0.3, 0.4) is 0 Å². The van der Waals surface area contributed by atoms with Crippen molar-refractivity contribution in [2.75, 3.05) is 18.5 Å². The van der Waals surface area contributed by atoms with Crippen LogP contribution in [-0.4, -0.2) is 39.1 Å². The van der Waals surface area contributed by atoms with Crippen LogP contribution < -0.4 is 10.1 Å². The number of phenols is 1. The number of nitrogens with zero attached hydrogens (tertiary/aromatic N) is 3. The Bertz CT molecular complexity index is 1090. The molecule has 0 fully saturated rings. The Labute approximate surface area is 173 Å². The monoisotopic (exact) mass is 406 g/mol. The lowest BCUT2D eigenvalue weighted by Gasteiger charge is -2.29. The van der Waals surface area contributed by atoms with E-state index < -0.39 is 12.0 Å². The molecule has 2 heterocycles. The first-order valence-electron chi connectivity index (χ1n) is 9.73. The molecule has 0 saturated heterocycles. The van der Waals surface area contributed by atoms with Crippen LogP contribution >= 0.6 is 0 Å². The van der Waals surface area contributed by atoms with E-state index >= 15 is 0 Å². The molecule has 2 aromatic carbocycles. The number of nitrogens with one attached hydrogen (secondary N) is 1. The number of phenolic OH excluding ortho intramolecular Hbond substituents is 1. The standard InChI is InChI=1S/C22H22N4O4/c1-3-29-17-12-15(10-11-16(17)27)20-18(21(28)30-4-2)19(14-8-6-5-7-9-14)25-22-23-13-24-26(20)22/h5-13,20,27H,3-4H2,1-2H3,(H,23,24,25). The lowest BCUT2D eigenvalue weighted by atomic mass is 9.92. The summed E-state index contributed by atoms with van der Waals surface area (Å²) in [6, 6.07) is 13.9. The third-order valence-corrected chi connectivity index (χ3v) is 4.75. The van der Waals surface area contributed by atoms with Crippen LogP contribution in [0.15, 0.2) is 60.4 Å². The van der Waals surface area contributed by atoms with E-state index in [0.717, 1.165) is 5.56 Å². The first kappa shape index (κ1) is 19.5. The summed E-state index contributed by atoms with van der Waals surface area (Å²) >= 11 is 0. The highest BCUT2D eigenvalue weighted by atomic mass is 16.5. The Balaban J connectivity index is 1.95. The number of aromatic nitrogens is 3. The van der Waals surface area contributed by atoms with Gasteiger partial charge in [-0.1, -0.05) is 36.4 Å². The number of esters is 1. The summed E-state index contributed by atoms with van der Waals surface area (Å²) in [5, 5.41) is 17.7. The number of carbonyl (C=O) groups is 1. The summed E-state index contributed by atoms with van der Waals surface area (Å²) in [6.07, 6.45) is 1.43. The maximum absolute atomic E-state index is 13.1. The zero-order chi connectivity index (χ0) is 21.1. The van der Waals surface area contributed by atoms with E-state index in [9.17, 15) is 9.90 Å². The molecule has 1 aliphatic heterocycles. The molecule has 1 unspecified atom stereocenters. The van der Waals surface area contributed by atoms with Gasteiger partial charge in [0, 0.05) is 0 Å². The predicted octanol–water partition coefficient (Wildman–Crippen LogP) is 3.37. The van der Waals surface area contributed by atoms with Gasteiger partial charge in [0.2, 0.25) is 5.95 Å². The molecular formula is C22H22N4O4. The van der Waals surface area contributed by atoms with Crippen molar-refractivity contribution in [1.82, 2.24) is 14.8 Å². The first-order valence-corrected chi connectivity index (χ1v) is 9.73. The minimum Gasteiger partial charge on any atom is -0.504 e. The van der Waals surface area contributed by atoms with Crippen LogP contribution in [0, 0.1) is 0 Å². The van der Waals surface area contributed by atoms with Crippen molar-refractivity contribution in [3.05, 3.63) is 71.6 Å².